The molecule has 5 nitrogen and oxygen atoms in total. The molecule has 0 unspecified atom stereocenters. The zero-order chi connectivity index (χ0) is 15.6. The third kappa shape index (κ3) is 3.36. The van der Waals surface area contributed by atoms with Crippen molar-refractivity contribution in [3.63, 3.8) is 0 Å². The van der Waals surface area contributed by atoms with Crippen LogP contribution in [0.3, 0.4) is 0 Å². The third-order valence-corrected chi connectivity index (χ3v) is 3.16. The maximum absolute atomic E-state index is 12.4. The lowest BCUT2D eigenvalue weighted by atomic mass is 10.1. The van der Waals surface area contributed by atoms with Gasteiger partial charge >= 0.3 is 0 Å². The second-order valence-corrected chi connectivity index (χ2v) is 5.34. The zero-order valence-corrected chi connectivity index (χ0v) is 13.1. The number of amides is 1. The minimum absolute atomic E-state index is 0.0875. The fraction of sp³-hybridized carbons (Fsp3) is 0.333. The summed E-state index contributed by atoms with van der Waals surface area (Å²) in [7, 11) is 1.52. The van der Waals surface area contributed by atoms with Gasteiger partial charge in [-0.15, -0.1) is 0 Å². The van der Waals surface area contributed by atoms with E-state index in [1.165, 1.54) is 7.11 Å². The number of hydrogen-bond acceptors (Lipinski definition) is 4. The van der Waals surface area contributed by atoms with Crippen LogP contribution in [0.5, 0.6) is 5.75 Å². The Bertz CT molecular complexity index is 665. The molecule has 2 rings (SSSR count). The topological polar surface area (TPSA) is 64.4 Å². The van der Waals surface area contributed by atoms with Crippen LogP contribution in [-0.2, 0) is 0 Å². The van der Waals surface area contributed by atoms with Gasteiger partial charge in [0.05, 0.1) is 18.5 Å². The van der Waals surface area contributed by atoms with Gasteiger partial charge in [0.15, 0.2) is 5.89 Å². The van der Waals surface area contributed by atoms with Crippen molar-refractivity contribution in [3.8, 4) is 5.75 Å². The molecule has 21 heavy (non-hydrogen) atoms. The van der Waals surface area contributed by atoms with Crippen LogP contribution >= 0.6 is 11.6 Å². The molecule has 0 spiro atoms. The smallest absolute Gasteiger partial charge is 0.293 e. The Morgan fingerprint density at radius 1 is 1.43 bits per heavy atom. The van der Waals surface area contributed by atoms with E-state index in [1.807, 2.05) is 13.8 Å². The Balaban J connectivity index is 2.32. The number of carbonyl (C=O) groups excluding carboxylic acids is 1. The Labute approximate surface area is 128 Å². The molecule has 0 saturated heterocycles. The van der Waals surface area contributed by atoms with Crippen LogP contribution in [0.25, 0.3) is 0 Å². The lowest BCUT2D eigenvalue weighted by molar-refractivity contribution is 0.0993. The Morgan fingerprint density at radius 2 is 2.14 bits per heavy atom. The maximum atomic E-state index is 12.4. The SMILES string of the molecule is COc1ccc(Cl)cc1NC(=O)c1oc(C)nc1C(C)C. The van der Waals surface area contributed by atoms with Crippen molar-refractivity contribution in [1.82, 2.24) is 4.98 Å². The third-order valence-electron chi connectivity index (χ3n) is 2.92. The number of benzene rings is 1. The van der Waals surface area contributed by atoms with Crippen molar-refractivity contribution >= 4 is 23.2 Å². The van der Waals surface area contributed by atoms with Crippen molar-refractivity contribution in [2.24, 2.45) is 0 Å². The molecule has 0 atom stereocenters. The van der Waals surface area contributed by atoms with E-state index in [0.29, 0.717) is 28.0 Å². The highest BCUT2D eigenvalue weighted by atomic mass is 35.5. The highest BCUT2D eigenvalue weighted by Crippen LogP contribution is 2.29. The number of carbonyl (C=O) groups is 1. The molecular formula is C15H17ClN2O3. The summed E-state index contributed by atoms with van der Waals surface area (Å²) in [4.78, 5) is 16.6. The van der Waals surface area contributed by atoms with Crippen LogP contribution in [0.1, 0.15) is 41.9 Å². The van der Waals surface area contributed by atoms with E-state index in [2.05, 4.69) is 10.3 Å². The number of halogens is 1. The average Bonchev–Trinajstić information content (AvgIpc) is 2.81. The fourth-order valence-corrected chi connectivity index (χ4v) is 2.13. The van der Waals surface area contributed by atoms with Gasteiger partial charge in [-0.25, -0.2) is 4.98 Å². The molecule has 0 aliphatic rings. The first-order valence-electron chi connectivity index (χ1n) is 6.54. The van der Waals surface area contributed by atoms with Crippen LogP contribution in [0.4, 0.5) is 5.69 Å². The van der Waals surface area contributed by atoms with E-state index in [4.69, 9.17) is 20.8 Å². The predicted octanol–water partition coefficient (Wildman–Crippen LogP) is 4.02. The Hall–Kier alpha value is -2.01. The van der Waals surface area contributed by atoms with Gasteiger partial charge in [0.1, 0.15) is 5.75 Å². The number of hydrogen-bond donors (Lipinski definition) is 1. The summed E-state index contributed by atoms with van der Waals surface area (Å²) in [5.74, 6) is 0.908. The average molecular weight is 309 g/mol. The number of nitrogens with zero attached hydrogens (tertiary/aromatic N) is 1. The van der Waals surface area contributed by atoms with Crippen LogP contribution in [0, 0.1) is 6.92 Å². The monoisotopic (exact) mass is 308 g/mol. The highest BCUT2D eigenvalue weighted by Gasteiger charge is 2.22. The summed E-state index contributed by atoms with van der Waals surface area (Å²) in [5, 5.41) is 3.25. The first kappa shape index (κ1) is 15.4. The number of oxazole rings is 1. The molecule has 1 amide bonds. The van der Waals surface area contributed by atoms with Gasteiger partial charge in [-0.1, -0.05) is 25.4 Å². The quantitative estimate of drug-likeness (QED) is 0.926. The molecule has 1 N–H and O–H groups in total. The van der Waals surface area contributed by atoms with Gasteiger partial charge in [-0.3, -0.25) is 4.79 Å². The summed E-state index contributed by atoms with van der Waals surface area (Å²) in [6.45, 7) is 5.62. The molecule has 2 aromatic rings. The normalized spacial score (nSPS) is 10.8. The number of aromatic nitrogens is 1. The van der Waals surface area contributed by atoms with Gasteiger partial charge < -0.3 is 14.5 Å². The van der Waals surface area contributed by atoms with Crippen LogP contribution in [0.15, 0.2) is 22.6 Å². The van der Waals surface area contributed by atoms with E-state index in [1.54, 1.807) is 25.1 Å². The molecule has 0 fully saturated rings. The fourth-order valence-electron chi connectivity index (χ4n) is 1.95. The van der Waals surface area contributed by atoms with Gasteiger partial charge in [0.2, 0.25) is 5.76 Å². The van der Waals surface area contributed by atoms with Gasteiger partial charge in [-0.05, 0) is 24.1 Å². The van der Waals surface area contributed by atoms with Gasteiger partial charge in [0, 0.05) is 11.9 Å². The molecule has 6 heteroatoms. The predicted molar refractivity (Wildman–Crippen MR) is 81.3 cm³/mol. The second-order valence-electron chi connectivity index (χ2n) is 4.90. The molecule has 0 aliphatic carbocycles. The van der Waals surface area contributed by atoms with E-state index >= 15 is 0 Å². The van der Waals surface area contributed by atoms with E-state index in [9.17, 15) is 4.79 Å². The number of rotatable bonds is 4. The highest BCUT2D eigenvalue weighted by molar-refractivity contribution is 6.31. The van der Waals surface area contributed by atoms with Crippen LogP contribution < -0.4 is 10.1 Å². The van der Waals surface area contributed by atoms with Gasteiger partial charge in [0.25, 0.3) is 5.91 Å². The number of nitrogens with one attached hydrogen (secondary N) is 1. The van der Waals surface area contributed by atoms with Crippen molar-refractivity contribution in [1.29, 1.82) is 0 Å². The summed E-state index contributed by atoms with van der Waals surface area (Å²) >= 11 is 5.95. The van der Waals surface area contributed by atoms with Crippen molar-refractivity contribution in [2.45, 2.75) is 26.7 Å². The summed E-state index contributed by atoms with van der Waals surface area (Å²) in [6.07, 6.45) is 0. The Kier molecular flexibility index (Phi) is 4.53. The maximum Gasteiger partial charge on any atom is 0.293 e. The molecule has 112 valence electrons. The van der Waals surface area contributed by atoms with Crippen LogP contribution in [-0.4, -0.2) is 18.0 Å². The summed E-state index contributed by atoms with van der Waals surface area (Å²) in [5.41, 5.74) is 1.12. The molecule has 1 aromatic carbocycles. The lowest BCUT2D eigenvalue weighted by Crippen LogP contribution is -2.14. The van der Waals surface area contributed by atoms with E-state index in [-0.39, 0.29) is 17.6 Å². The van der Waals surface area contributed by atoms with E-state index in [0.717, 1.165) is 0 Å². The number of anilines is 1. The lowest BCUT2D eigenvalue weighted by Gasteiger charge is -2.10. The first-order valence-corrected chi connectivity index (χ1v) is 6.92. The Morgan fingerprint density at radius 3 is 2.76 bits per heavy atom. The molecule has 0 radical (unpaired) electrons. The molecule has 0 bridgehead atoms. The molecular weight excluding hydrogens is 292 g/mol. The first-order chi connectivity index (χ1) is 9.92. The van der Waals surface area contributed by atoms with Gasteiger partial charge in [-0.2, -0.15) is 0 Å². The molecule has 0 saturated carbocycles. The number of ether oxygens (including phenoxy) is 1. The minimum Gasteiger partial charge on any atom is -0.495 e. The summed E-state index contributed by atoms with van der Waals surface area (Å²) < 4.78 is 10.6. The molecule has 1 heterocycles. The minimum atomic E-state index is -0.375. The van der Waals surface area contributed by atoms with Crippen LogP contribution in [0.2, 0.25) is 5.02 Å². The van der Waals surface area contributed by atoms with Crippen molar-refractivity contribution < 1.29 is 13.9 Å². The van der Waals surface area contributed by atoms with Crippen molar-refractivity contribution in [3.05, 3.63) is 40.6 Å². The van der Waals surface area contributed by atoms with Crippen molar-refractivity contribution in [2.75, 3.05) is 12.4 Å². The molecule has 1 aromatic heterocycles. The standard InChI is InChI=1S/C15H17ClN2O3/c1-8(2)13-14(21-9(3)17-13)15(19)18-11-7-10(16)5-6-12(11)20-4/h5-8H,1-4H3,(H,18,19). The number of methoxy groups -OCH3 is 1. The summed E-state index contributed by atoms with van der Waals surface area (Å²) in [6, 6.07) is 5.00. The zero-order valence-electron chi connectivity index (χ0n) is 12.4. The van der Waals surface area contributed by atoms with E-state index < -0.39 is 0 Å². The molecule has 0 aliphatic heterocycles. The number of aryl methyl sites for hydroxylation is 1. The second kappa shape index (κ2) is 6.18. The largest absolute Gasteiger partial charge is 0.495 e.